The summed E-state index contributed by atoms with van der Waals surface area (Å²) in [5.41, 5.74) is 3.82. The zero-order valence-corrected chi connectivity index (χ0v) is 16.3. The van der Waals surface area contributed by atoms with Crippen LogP contribution < -0.4 is 15.5 Å². The van der Waals surface area contributed by atoms with E-state index in [1.54, 1.807) is 0 Å². The molecular formula is C21H25N3O2S. The number of benzene rings is 2. The number of carbonyl (C=O) groups is 2. The van der Waals surface area contributed by atoms with Crippen molar-refractivity contribution in [3.05, 3.63) is 54.1 Å². The van der Waals surface area contributed by atoms with Crippen molar-refractivity contribution in [3.63, 3.8) is 0 Å². The van der Waals surface area contributed by atoms with Crippen LogP contribution in [0.3, 0.4) is 0 Å². The van der Waals surface area contributed by atoms with E-state index < -0.39 is 0 Å². The molecule has 2 aromatic rings. The molecule has 2 aromatic carbocycles. The summed E-state index contributed by atoms with van der Waals surface area (Å²) in [6, 6.07) is 15.6. The molecule has 0 radical (unpaired) electrons. The third kappa shape index (κ3) is 6.03. The molecule has 0 unspecified atom stereocenters. The Labute approximate surface area is 164 Å². The number of hydrogen-bond acceptors (Lipinski definition) is 4. The molecule has 1 heterocycles. The van der Waals surface area contributed by atoms with Gasteiger partial charge in [0.1, 0.15) is 0 Å². The minimum atomic E-state index is -0.102. The molecule has 2 N–H and O–H groups in total. The second-order valence-electron chi connectivity index (χ2n) is 6.70. The van der Waals surface area contributed by atoms with E-state index in [0.29, 0.717) is 0 Å². The predicted octanol–water partition coefficient (Wildman–Crippen LogP) is 3.91. The van der Waals surface area contributed by atoms with Crippen LogP contribution >= 0.6 is 11.8 Å². The highest BCUT2D eigenvalue weighted by Gasteiger charge is 2.13. The minimum absolute atomic E-state index is 0.0954. The van der Waals surface area contributed by atoms with E-state index in [2.05, 4.69) is 21.6 Å². The van der Waals surface area contributed by atoms with Gasteiger partial charge in [-0.1, -0.05) is 18.2 Å². The number of anilines is 3. The first kappa shape index (κ1) is 19.3. The standard InChI is InChI=1S/C21H25N3O2S/c1-16-6-4-7-17(12-16)22-20(25)14-27-15-21(26)23-18-8-5-9-19(13-18)24-10-2-3-11-24/h4-9,12-13H,2-3,10-11,14-15H2,1H3,(H,22,25)(H,23,26). The zero-order chi connectivity index (χ0) is 19.1. The lowest BCUT2D eigenvalue weighted by Crippen LogP contribution is -2.19. The SMILES string of the molecule is Cc1cccc(NC(=O)CSCC(=O)Nc2cccc(N3CCCC3)c2)c1. The summed E-state index contributed by atoms with van der Waals surface area (Å²) in [5, 5.41) is 5.77. The Kier molecular flexibility index (Phi) is 6.76. The number of aryl methyl sites for hydroxylation is 1. The minimum Gasteiger partial charge on any atom is -0.371 e. The molecule has 1 aliphatic heterocycles. The van der Waals surface area contributed by atoms with Crippen LogP contribution in [0.1, 0.15) is 18.4 Å². The number of thioether (sulfide) groups is 1. The summed E-state index contributed by atoms with van der Waals surface area (Å²) in [4.78, 5) is 26.5. The maximum Gasteiger partial charge on any atom is 0.234 e. The van der Waals surface area contributed by atoms with Gasteiger partial charge in [-0.05, 0) is 55.7 Å². The van der Waals surface area contributed by atoms with E-state index in [9.17, 15) is 9.59 Å². The lowest BCUT2D eigenvalue weighted by atomic mass is 10.2. The van der Waals surface area contributed by atoms with Crippen LogP contribution in [0.2, 0.25) is 0 Å². The Morgan fingerprint density at radius 3 is 2.15 bits per heavy atom. The summed E-state index contributed by atoms with van der Waals surface area (Å²) >= 11 is 1.31. The molecule has 142 valence electrons. The van der Waals surface area contributed by atoms with Crippen molar-refractivity contribution >= 4 is 40.6 Å². The van der Waals surface area contributed by atoms with Crippen molar-refractivity contribution in [2.45, 2.75) is 19.8 Å². The van der Waals surface area contributed by atoms with E-state index in [0.717, 1.165) is 35.7 Å². The highest BCUT2D eigenvalue weighted by molar-refractivity contribution is 8.00. The van der Waals surface area contributed by atoms with Crippen molar-refractivity contribution < 1.29 is 9.59 Å². The third-order valence-electron chi connectivity index (χ3n) is 4.37. The molecule has 0 bridgehead atoms. The summed E-state index contributed by atoms with van der Waals surface area (Å²) in [5.74, 6) is 0.293. The first-order chi connectivity index (χ1) is 13.1. The predicted molar refractivity (Wildman–Crippen MR) is 114 cm³/mol. The summed E-state index contributed by atoms with van der Waals surface area (Å²) in [6.45, 7) is 4.13. The topological polar surface area (TPSA) is 61.4 Å². The van der Waals surface area contributed by atoms with Gasteiger partial charge < -0.3 is 15.5 Å². The molecule has 1 fully saturated rings. The number of rotatable bonds is 7. The fourth-order valence-electron chi connectivity index (χ4n) is 3.11. The summed E-state index contributed by atoms with van der Waals surface area (Å²) in [7, 11) is 0. The summed E-state index contributed by atoms with van der Waals surface area (Å²) < 4.78 is 0. The zero-order valence-electron chi connectivity index (χ0n) is 15.5. The fourth-order valence-corrected chi connectivity index (χ4v) is 3.73. The Balaban J connectivity index is 1.42. The van der Waals surface area contributed by atoms with Crippen LogP contribution in [-0.2, 0) is 9.59 Å². The van der Waals surface area contributed by atoms with Gasteiger partial charge in [0.05, 0.1) is 11.5 Å². The molecule has 0 aliphatic carbocycles. The van der Waals surface area contributed by atoms with Crippen LogP contribution in [0.25, 0.3) is 0 Å². The van der Waals surface area contributed by atoms with Gasteiger partial charge in [-0.25, -0.2) is 0 Å². The maximum absolute atomic E-state index is 12.2. The van der Waals surface area contributed by atoms with Crippen molar-refractivity contribution in [3.8, 4) is 0 Å². The van der Waals surface area contributed by atoms with Crippen LogP contribution in [0.5, 0.6) is 0 Å². The second-order valence-corrected chi connectivity index (χ2v) is 7.69. The van der Waals surface area contributed by atoms with Gasteiger partial charge in [-0.15, -0.1) is 11.8 Å². The molecule has 6 heteroatoms. The Bertz CT molecular complexity index is 804. The van der Waals surface area contributed by atoms with Crippen LogP contribution in [0.15, 0.2) is 48.5 Å². The molecular weight excluding hydrogens is 358 g/mol. The number of nitrogens with one attached hydrogen (secondary N) is 2. The van der Waals surface area contributed by atoms with Gasteiger partial charge in [-0.3, -0.25) is 9.59 Å². The molecule has 1 aliphatic rings. The van der Waals surface area contributed by atoms with Crippen molar-refractivity contribution in [2.75, 3.05) is 40.1 Å². The second kappa shape index (κ2) is 9.46. The first-order valence-corrected chi connectivity index (χ1v) is 10.3. The van der Waals surface area contributed by atoms with Gasteiger partial charge in [0, 0.05) is 30.2 Å². The number of carbonyl (C=O) groups excluding carboxylic acids is 2. The Morgan fingerprint density at radius 2 is 1.52 bits per heavy atom. The van der Waals surface area contributed by atoms with Gasteiger partial charge in [0.15, 0.2) is 0 Å². The van der Waals surface area contributed by atoms with Gasteiger partial charge in [-0.2, -0.15) is 0 Å². The smallest absolute Gasteiger partial charge is 0.234 e. The monoisotopic (exact) mass is 383 g/mol. The highest BCUT2D eigenvalue weighted by Crippen LogP contribution is 2.23. The Morgan fingerprint density at radius 1 is 0.926 bits per heavy atom. The lowest BCUT2D eigenvalue weighted by molar-refractivity contribution is -0.114. The molecule has 1 saturated heterocycles. The molecule has 3 rings (SSSR count). The molecule has 0 atom stereocenters. The normalized spacial score (nSPS) is 13.4. The number of hydrogen-bond donors (Lipinski definition) is 2. The Hall–Kier alpha value is -2.47. The van der Waals surface area contributed by atoms with Crippen molar-refractivity contribution in [2.24, 2.45) is 0 Å². The van der Waals surface area contributed by atoms with Crippen LogP contribution in [0.4, 0.5) is 17.1 Å². The quantitative estimate of drug-likeness (QED) is 0.761. The van der Waals surface area contributed by atoms with E-state index >= 15 is 0 Å². The molecule has 27 heavy (non-hydrogen) atoms. The first-order valence-electron chi connectivity index (χ1n) is 9.19. The van der Waals surface area contributed by atoms with Gasteiger partial charge >= 0.3 is 0 Å². The maximum atomic E-state index is 12.2. The molecule has 5 nitrogen and oxygen atoms in total. The van der Waals surface area contributed by atoms with Crippen LogP contribution in [0, 0.1) is 6.92 Å². The highest BCUT2D eigenvalue weighted by atomic mass is 32.2. The molecule has 2 amide bonds. The van der Waals surface area contributed by atoms with E-state index in [1.807, 2.05) is 49.4 Å². The van der Waals surface area contributed by atoms with E-state index in [1.165, 1.54) is 24.6 Å². The number of amides is 2. The summed E-state index contributed by atoms with van der Waals surface area (Å²) in [6.07, 6.45) is 2.44. The van der Waals surface area contributed by atoms with Gasteiger partial charge in [0.25, 0.3) is 0 Å². The average molecular weight is 384 g/mol. The van der Waals surface area contributed by atoms with Crippen molar-refractivity contribution in [1.82, 2.24) is 0 Å². The van der Waals surface area contributed by atoms with Gasteiger partial charge in [0.2, 0.25) is 11.8 Å². The van der Waals surface area contributed by atoms with Crippen molar-refractivity contribution in [1.29, 1.82) is 0 Å². The number of nitrogens with zero attached hydrogens (tertiary/aromatic N) is 1. The average Bonchev–Trinajstić information content (AvgIpc) is 3.16. The fraction of sp³-hybridized carbons (Fsp3) is 0.333. The van der Waals surface area contributed by atoms with E-state index in [4.69, 9.17) is 0 Å². The van der Waals surface area contributed by atoms with Crippen LogP contribution in [-0.4, -0.2) is 36.4 Å². The lowest BCUT2D eigenvalue weighted by Gasteiger charge is -2.18. The van der Waals surface area contributed by atoms with E-state index in [-0.39, 0.29) is 23.3 Å². The third-order valence-corrected chi connectivity index (χ3v) is 5.30. The largest absolute Gasteiger partial charge is 0.371 e. The molecule has 0 spiro atoms. The molecule has 0 saturated carbocycles. The molecule has 0 aromatic heterocycles.